The Labute approximate surface area is 158 Å². The molecule has 0 spiro atoms. The van der Waals surface area contributed by atoms with Crippen LogP contribution in [0.1, 0.15) is 32.5 Å². The van der Waals surface area contributed by atoms with Crippen LogP contribution in [0.3, 0.4) is 0 Å². The van der Waals surface area contributed by atoms with E-state index in [4.69, 9.17) is 21.1 Å². The van der Waals surface area contributed by atoms with Gasteiger partial charge in [0, 0.05) is 15.6 Å². The van der Waals surface area contributed by atoms with Gasteiger partial charge in [0.1, 0.15) is 17.3 Å². The highest BCUT2D eigenvalue weighted by atomic mass is 35.5. The minimum absolute atomic E-state index is 0.189. The van der Waals surface area contributed by atoms with E-state index >= 15 is 0 Å². The van der Waals surface area contributed by atoms with Crippen molar-refractivity contribution in [2.45, 2.75) is 13.5 Å². The molecule has 1 aromatic heterocycles. The fourth-order valence-electron chi connectivity index (χ4n) is 2.51. The maximum atomic E-state index is 14.3. The van der Waals surface area contributed by atoms with Gasteiger partial charge in [-0.25, -0.2) is 14.0 Å². The molecule has 2 aromatic carbocycles. The van der Waals surface area contributed by atoms with Crippen LogP contribution in [-0.2, 0) is 16.1 Å². The highest BCUT2D eigenvalue weighted by molar-refractivity contribution is 7.21. The predicted molar refractivity (Wildman–Crippen MR) is 98.3 cm³/mol. The standard InChI is InChI=1S/C19H14ClFO4S/c1-2-24-19(23)17-12(16-14(21)8-5-9-15(16)26-17)10-25-18(22)11-6-3-4-7-13(11)20/h3-9H,2,10H2,1H3. The maximum absolute atomic E-state index is 14.3. The highest BCUT2D eigenvalue weighted by Gasteiger charge is 2.23. The Morgan fingerprint density at radius 2 is 1.85 bits per heavy atom. The van der Waals surface area contributed by atoms with E-state index in [2.05, 4.69) is 0 Å². The minimum atomic E-state index is -0.652. The molecule has 0 fully saturated rings. The topological polar surface area (TPSA) is 52.6 Å². The van der Waals surface area contributed by atoms with Crippen LogP contribution >= 0.6 is 22.9 Å². The Balaban J connectivity index is 1.95. The lowest BCUT2D eigenvalue weighted by atomic mass is 10.1. The second-order valence-corrected chi connectivity index (χ2v) is 6.76. The molecular formula is C19H14ClFO4S. The van der Waals surface area contributed by atoms with Crippen molar-refractivity contribution >= 4 is 45.0 Å². The maximum Gasteiger partial charge on any atom is 0.348 e. The molecule has 0 aliphatic rings. The average molecular weight is 393 g/mol. The van der Waals surface area contributed by atoms with Gasteiger partial charge in [0.2, 0.25) is 0 Å². The zero-order valence-corrected chi connectivity index (χ0v) is 15.3. The molecule has 4 nitrogen and oxygen atoms in total. The van der Waals surface area contributed by atoms with Crippen LogP contribution in [0, 0.1) is 5.82 Å². The van der Waals surface area contributed by atoms with Gasteiger partial charge in [-0.1, -0.05) is 29.8 Å². The van der Waals surface area contributed by atoms with Gasteiger partial charge in [-0.2, -0.15) is 0 Å². The van der Waals surface area contributed by atoms with Gasteiger partial charge in [-0.15, -0.1) is 11.3 Å². The summed E-state index contributed by atoms with van der Waals surface area (Å²) in [6, 6.07) is 11.0. The van der Waals surface area contributed by atoms with Crippen LogP contribution in [0.5, 0.6) is 0 Å². The third kappa shape index (κ3) is 3.57. The van der Waals surface area contributed by atoms with Gasteiger partial charge in [-0.05, 0) is 31.2 Å². The molecule has 0 saturated heterocycles. The number of halogens is 2. The average Bonchev–Trinajstić information content (AvgIpc) is 3.00. The quantitative estimate of drug-likeness (QED) is 0.558. The number of esters is 2. The lowest BCUT2D eigenvalue weighted by molar-refractivity contribution is 0.0454. The van der Waals surface area contributed by atoms with Gasteiger partial charge in [0.15, 0.2) is 0 Å². The van der Waals surface area contributed by atoms with E-state index in [0.717, 1.165) is 11.3 Å². The van der Waals surface area contributed by atoms with Gasteiger partial charge in [0.25, 0.3) is 0 Å². The Bertz CT molecular complexity index is 983. The first-order valence-corrected chi connectivity index (χ1v) is 9.01. The Morgan fingerprint density at radius 1 is 1.08 bits per heavy atom. The summed E-state index contributed by atoms with van der Waals surface area (Å²) < 4.78 is 25.2. The van der Waals surface area contributed by atoms with Crippen LogP contribution in [0.2, 0.25) is 5.02 Å². The van der Waals surface area contributed by atoms with E-state index in [-0.39, 0.29) is 34.1 Å². The SMILES string of the molecule is CCOC(=O)c1sc2cccc(F)c2c1COC(=O)c1ccccc1Cl. The summed E-state index contributed by atoms with van der Waals surface area (Å²) in [5.74, 6) is -1.71. The summed E-state index contributed by atoms with van der Waals surface area (Å²) in [5.41, 5.74) is 0.494. The Hall–Kier alpha value is -2.44. The summed E-state index contributed by atoms with van der Waals surface area (Å²) in [6.07, 6.45) is 0. The molecule has 0 N–H and O–H groups in total. The molecule has 0 amide bonds. The number of carbonyl (C=O) groups excluding carboxylic acids is 2. The summed E-state index contributed by atoms with van der Waals surface area (Å²) in [5, 5.41) is 0.511. The third-order valence-corrected chi connectivity index (χ3v) is 5.17. The molecule has 0 bridgehead atoms. The molecule has 3 rings (SSSR count). The molecule has 0 saturated carbocycles. The van der Waals surface area contributed by atoms with E-state index in [1.54, 1.807) is 37.3 Å². The summed E-state index contributed by atoms with van der Waals surface area (Å²) >= 11 is 7.09. The number of thiophene rings is 1. The second kappa shape index (κ2) is 7.85. The number of carbonyl (C=O) groups is 2. The largest absolute Gasteiger partial charge is 0.462 e. The van der Waals surface area contributed by atoms with Gasteiger partial charge in [0.05, 0.1) is 17.2 Å². The molecular weight excluding hydrogens is 379 g/mol. The van der Waals surface area contributed by atoms with E-state index < -0.39 is 17.8 Å². The zero-order chi connectivity index (χ0) is 18.7. The van der Waals surface area contributed by atoms with Crippen molar-refractivity contribution in [3.8, 4) is 0 Å². The van der Waals surface area contributed by atoms with Crippen molar-refractivity contribution < 1.29 is 23.5 Å². The second-order valence-electron chi connectivity index (χ2n) is 5.30. The lowest BCUT2D eigenvalue weighted by Crippen LogP contribution is -2.10. The molecule has 7 heteroatoms. The molecule has 3 aromatic rings. The summed E-state index contributed by atoms with van der Waals surface area (Å²) in [7, 11) is 0. The van der Waals surface area contributed by atoms with E-state index in [1.807, 2.05) is 0 Å². The number of ether oxygens (including phenoxy) is 2. The van der Waals surface area contributed by atoms with Gasteiger partial charge in [-0.3, -0.25) is 0 Å². The fraction of sp³-hybridized carbons (Fsp3) is 0.158. The van der Waals surface area contributed by atoms with Crippen molar-refractivity contribution in [1.29, 1.82) is 0 Å². The summed E-state index contributed by atoms with van der Waals surface area (Å²) in [6.45, 7) is 1.61. The molecule has 134 valence electrons. The number of rotatable bonds is 5. The molecule has 1 heterocycles. The number of fused-ring (bicyclic) bond motifs is 1. The first-order chi connectivity index (χ1) is 12.5. The van der Waals surface area contributed by atoms with Crippen LogP contribution in [-0.4, -0.2) is 18.5 Å². The molecule has 0 aliphatic heterocycles. The van der Waals surface area contributed by atoms with Crippen LogP contribution in [0.15, 0.2) is 42.5 Å². The normalized spacial score (nSPS) is 10.7. The van der Waals surface area contributed by atoms with E-state index in [0.29, 0.717) is 10.3 Å². The third-order valence-electron chi connectivity index (χ3n) is 3.67. The van der Waals surface area contributed by atoms with Crippen molar-refractivity contribution in [2.75, 3.05) is 6.61 Å². The van der Waals surface area contributed by atoms with Gasteiger partial charge >= 0.3 is 11.9 Å². The highest BCUT2D eigenvalue weighted by Crippen LogP contribution is 2.34. The van der Waals surface area contributed by atoms with Gasteiger partial charge < -0.3 is 9.47 Å². The monoisotopic (exact) mass is 392 g/mol. The number of benzene rings is 2. The van der Waals surface area contributed by atoms with Crippen molar-refractivity contribution in [2.24, 2.45) is 0 Å². The fourth-order valence-corrected chi connectivity index (χ4v) is 3.84. The van der Waals surface area contributed by atoms with Crippen molar-refractivity contribution in [1.82, 2.24) is 0 Å². The first-order valence-electron chi connectivity index (χ1n) is 7.81. The minimum Gasteiger partial charge on any atom is -0.462 e. The lowest BCUT2D eigenvalue weighted by Gasteiger charge is -2.08. The predicted octanol–water partition coefficient (Wildman–Crippen LogP) is 5.23. The first kappa shape index (κ1) is 18.4. The van der Waals surface area contributed by atoms with Crippen LogP contribution in [0.25, 0.3) is 10.1 Å². The zero-order valence-electron chi connectivity index (χ0n) is 13.8. The smallest absolute Gasteiger partial charge is 0.348 e. The number of hydrogen-bond donors (Lipinski definition) is 0. The molecule has 0 atom stereocenters. The molecule has 0 aliphatic carbocycles. The van der Waals surface area contributed by atoms with E-state index in [9.17, 15) is 14.0 Å². The van der Waals surface area contributed by atoms with E-state index in [1.165, 1.54) is 12.1 Å². The summed E-state index contributed by atoms with van der Waals surface area (Å²) in [4.78, 5) is 24.7. The number of hydrogen-bond acceptors (Lipinski definition) is 5. The molecule has 0 unspecified atom stereocenters. The Morgan fingerprint density at radius 3 is 2.58 bits per heavy atom. The Kier molecular flexibility index (Phi) is 5.54. The van der Waals surface area contributed by atoms with Crippen molar-refractivity contribution in [3.63, 3.8) is 0 Å². The molecule has 0 radical (unpaired) electrons. The van der Waals surface area contributed by atoms with Crippen LogP contribution in [0.4, 0.5) is 4.39 Å². The van der Waals surface area contributed by atoms with Crippen molar-refractivity contribution in [3.05, 3.63) is 69.3 Å². The van der Waals surface area contributed by atoms with Crippen LogP contribution < -0.4 is 0 Å². The molecule has 26 heavy (non-hydrogen) atoms.